The lowest BCUT2D eigenvalue weighted by Gasteiger charge is -2.37. The zero-order chi connectivity index (χ0) is 27.0. The van der Waals surface area contributed by atoms with Gasteiger partial charge in [0.25, 0.3) is 15.7 Å². The Balaban J connectivity index is 1.22. The monoisotopic (exact) mass is 539 g/mol. The highest BCUT2D eigenvalue weighted by Crippen LogP contribution is 2.50. The molecule has 6 rings (SSSR count). The highest BCUT2D eigenvalue weighted by molar-refractivity contribution is 7.92. The lowest BCUT2D eigenvalue weighted by atomic mass is 9.77. The van der Waals surface area contributed by atoms with Gasteiger partial charge in [0.05, 0.1) is 15.9 Å². The Morgan fingerprint density at radius 1 is 0.897 bits per heavy atom. The van der Waals surface area contributed by atoms with Crippen molar-refractivity contribution < 1.29 is 18.1 Å². The van der Waals surface area contributed by atoms with Crippen LogP contribution in [0.5, 0.6) is 11.5 Å². The molecule has 0 spiro atoms. The maximum absolute atomic E-state index is 13.3. The van der Waals surface area contributed by atoms with Gasteiger partial charge in [-0.3, -0.25) is 14.8 Å². The number of benzene rings is 4. The van der Waals surface area contributed by atoms with Gasteiger partial charge in [-0.1, -0.05) is 42.5 Å². The van der Waals surface area contributed by atoms with Crippen LogP contribution in [0.4, 0.5) is 17.1 Å². The molecule has 1 heterocycles. The molecule has 196 valence electrons. The lowest BCUT2D eigenvalue weighted by molar-refractivity contribution is -0.384. The molecule has 8 nitrogen and oxygen atoms in total. The predicted octanol–water partition coefficient (Wildman–Crippen LogP) is 7.01. The van der Waals surface area contributed by atoms with E-state index in [1.165, 1.54) is 12.1 Å². The minimum atomic E-state index is -3.83. The van der Waals surface area contributed by atoms with Crippen molar-refractivity contribution in [2.75, 3.05) is 10.0 Å². The summed E-state index contributed by atoms with van der Waals surface area (Å²) in [6.07, 6.45) is 5.06. The number of allylic oxidation sites excluding steroid dienone is 2. The SMILES string of the molecule is O=[N+]([O-])c1ccc([C@H]2Nc3ccc(S(=O)(=O)Nc4ccc(Oc5ccccc5)cc4)cc3[C@H]3C=CC[C@H]32)cc1. The third-order valence-corrected chi connectivity index (χ3v) is 8.57. The van der Waals surface area contributed by atoms with Crippen LogP contribution in [0, 0.1) is 16.0 Å². The van der Waals surface area contributed by atoms with E-state index in [9.17, 15) is 18.5 Å². The van der Waals surface area contributed by atoms with E-state index >= 15 is 0 Å². The first-order valence-electron chi connectivity index (χ1n) is 12.5. The van der Waals surface area contributed by atoms with Gasteiger partial charge >= 0.3 is 0 Å². The molecule has 2 aliphatic rings. The van der Waals surface area contributed by atoms with Crippen LogP contribution in [-0.2, 0) is 10.0 Å². The minimum Gasteiger partial charge on any atom is -0.457 e. The molecule has 4 aromatic carbocycles. The van der Waals surface area contributed by atoms with E-state index in [0.717, 1.165) is 23.2 Å². The van der Waals surface area contributed by atoms with E-state index in [4.69, 9.17) is 4.74 Å². The highest BCUT2D eigenvalue weighted by atomic mass is 32.2. The van der Waals surface area contributed by atoms with Gasteiger partial charge in [-0.25, -0.2) is 8.42 Å². The van der Waals surface area contributed by atoms with Crippen molar-refractivity contribution in [3.05, 3.63) is 130 Å². The minimum absolute atomic E-state index is 0.0333. The van der Waals surface area contributed by atoms with Gasteiger partial charge in [-0.05, 0) is 78.1 Å². The van der Waals surface area contributed by atoms with Crippen LogP contribution < -0.4 is 14.8 Å². The van der Waals surface area contributed by atoms with Crippen molar-refractivity contribution in [1.82, 2.24) is 0 Å². The van der Waals surface area contributed by atoms with Crippen LogP contribution >= 0.6 is 0 Å². The summed E-state index contributed by atoms with van der Waals surface area (Å²) in [5, 5.41) is 14.6. The number of hydrogen-bond acceptors (Lipinski definition) is 6. The largest absolute Gasteiger partial charge is 0.457 e. The van der Waals surface area contributed by atoms with Crippen molar-refractivity contribution in [3.8, 4) is 11.5 Å². The van der Waals surface area contributed by atoms with E-state index in [-0.39, 0.29) is 28.5 Å². The molecule has 0 aromatic heterocycles. The molecule has 2 N–H and O–H groups in total. The number of sulfonamides is 1. The predicted molar refractivity (Wildman–Crippen MR) is 150 cm³/mol. The summed E-state index contributed by atoms with van der Waals surface area (Å²) < 4.78 is 35.0. The fourth-order valence-corrected chi connectivity index (χ4v) is 6.40. The van der Waals surface area contributed by atoms with Crippen molar-refractivity contribution in [3.63, 3.8) is 0 Å². The van der Waals surface area contributed by atoms with Crippen LogP contribution in [0.1, 0.15) is 29.5 Å². The average molecular weight is 540 g/mol. The third kappa shape index (κ3) is 4.96. The second-order valence-electron chi connectivity index (χ2n) is 9.62. The molecule has 39 heavy (non-hydrogen) atoms. The number of hydrogen-bond donors (Lipinski definition) is 2. The van der Waals surface area contributed by atoms with Gasteiger partial charge < -0.3 is 10.1 Å². The van der Waals surface area contributed by atoms with Gasteiger partial charge in [-0.2, -0.15) is 0 Å². The zero-order valence-electron chi connectivity index (χ0n) is 20.7. The first-order chi connectivity index (χ1) is 18.9. The molecule has 0 bridgehead atoms. The van der Waals surface area contributed by atoms with Crippen LogP contribution in [0.25, 0.3) is 0 Å². The molecule has 1 aliphatic heterocycles. The summed E-state index contributed by atoms with van der Waals surface area (Å²) in [5.74, 6) is 1.50. The van der Waals surface area contributed by atoms with Crippen molar-refractivity contribution >= 4 is 27.1 Å². The Morgan fingerprint density at radius 3 is 2.33 bits per heavy atom. The summed E-state index contributed by atoms with van der Waals surface area (Å²) in [6.45, 7) is 0. The molecule has 4 aromatic rings. The van der Waals surface area contributed by atoms with Crippen LogP contribution in [0.3, 0.4) is 0 Å². The second-order valence-corrected chi connectivity index (χ2v) is 11.3. The van der Waals surface area contributed by atoms with Crippen molar-refractivity contribution in [1.29, 1.82) is 0 Å². The van der Waals surface area contributed by atoms with Crippen LogP contribution in [0.2, 0.25) is 0 Å². The smallest absolute Gasteiger partial charge is 0.269 e. The number of rotatable bonds is 7. The summed E-state index contributed by atoms with van der Waals surface area (Å²) in [6, 6.07) is 27.8. The number of fused-ring (bicyclic) bond motifs is 3. The maximum atomic E-state index is 13.3. The molecule has 0 saturated carbocycles. The topological polar surface area (TPSA) is 111 Å². The normalized spacial score (nSPS) is 19.4. The van der Waals surface area contributed by atoms with E-state index in [0.29, 0.717) is 17.2 Å². The number of non-ortho nitro benzene ring substituents is 1. The van der Waals surface area contributed by atoms with Crippen LogP contribution in [0.15, 0.2) is 114 Å². The molecular formula is C30H25N3O5S. The number of nitro benzene ring substituents is 1. The fourth-order valence-electron chi connectivity index (χ4n) is 5.30. The Bertz CT molecular complexity index is 1650. The van der Waals surface area contributed by atoms with Gasteiger partial charge in [-0.15, -0.1) is 0 Å². The lowest BCUT2D eigenvalue weighted by Crippen LogP contribution is -2.29. The zero-order valence-corrected chi connectivity index (χ0v) is 21.5. The van der Waals surface area contributed by atoms with Gasteiger partial charge in [0.1, 0.15) is 11.5 Å². The quantitative estimate of drug-likeness (QED) is 0.148. The van der Waals surface area contributed by atoms with E-state index in [2.05, 4.69) is 22.2 Å². The molecule has 0 saturated heterocycles. The number of nitro groups is 1. The Kier molecular flexibility index (Phi) is 6.28. The van der Waals surface area contributed by atoms with Gasteiger partial charge in [0.15, 0.2) is 0 Å². The number of para-hydroxylation sites is 1. The van der Waals surface area contributed by atoms with Crippen molar-refractivity contribution in [2.45, 2.75) is 23.3 Å². The van der Waals surface area contributed by atoms with Gasteiger partial charge in [0, 0.05) is 29.4 Å². The molecule has 0 radical (unpaired) electrons. The van der Waals surface area contributed by atoms with E-state index in [1.54, 1.807) is 54.6 Å². The van der Waals surface area contributed by atoms with E-state index < -0.39 is 14.9 Å². The molecule has 3 atom stereocenters. The second kappa shape index (κ2) is 9.92. The number of nitrogens with zero attached hydrogens (tertiary/aromatic N) is 1. The number of ether oxygens (including phenoxy) is 1. The molecule has 9 heteroatoms. The van der Waals surface area contributed by atoms with E-state index in [1.807, 2.05) is 30.3 Å². The summed E-state index contributed by atoms with van der Waals surface area (Å²) in [5.41, 5.74) is 3.22. The molecule has 0 unspecified atom stereocenters. The molecule has 0 fully saturated rings. The summed E-state index contributed by atoms with van der Waals surface area (Å²) >= 11 is 0. The standard InChI is InChI=1S/C30H25N3O5S/c34-33(35)22-13-9-20(10-14-22)30-27-8-4-7-26(27)28-19-25(17-18-29(28)31-30)39(36,37)32-21-11-15-24(16-12-21)38-23-5-2-1-3-6-23/h1-7,9-19,26-27,30-32H,8H2/t26-,27+,30+/m0/s1. The van der Waals surface area contributed by atoms with Crippen LogP contribution in [-0.4, -0.2) is 13.3 Å². The number of nitrogens with one attached hydrogen (secondary N) is 2. The van der Waals surface area contributed by atoms with Crippen molar-refractivity contribution in [2.24, 2.45) is 5.92 Å². The maximum Gasteiger partial charge on any atom is 0.269 e. The molecule has 0 amide bonds. The third-order valence-electron chi connectivity index (χ3n) is 7.19. The first-order valence-corrected chi connectivity index (χ1v) is 14.0. The summed E-state index contributed by atoms with van der Waals surface area (Å²) in [4.78, 5) is 10.8. The first kappa shape index (κ1) is 24.7. The average Bonchev–Trinajstić information content (AvgIpc) is 3.44. The van der Waals surface area contributed by atoms with Gasteiger partial charge in [0.2, 0.25) is 0 Å². The fraction of sp³-hybridized carbons (Fsp3) is 0.133. The Hall–Kier alpha value is -4.63. The Morgan fingerprint density at radius 2 is 1.62 bits per heavy atom. The summed E-state index contributed by atoms with van der Waals surface area (Å²) in [7, 11) is -3.83. The number of anilines is 2. The highest BCUT2D eigenvalue weighted by Gasteiger charge is 2.38. The molecular weight excluding hydrogens is 514 g/mol. The molecule has 1 aliphatic carbocycles. The Labute approximate surface area is 226 Å².